The van der Waals surface area contributed by atoms with Crippen LogP contribution in [0.5, 0.6) is 0 Å². The average Bonchev–Trinajstić information content (AvgIpc) is 2.90. The number of furan rings is 1. The minimum Gasteiger partial charge on any atom is -0.459 e. The zero-order valence-corrected chi connectivity index (χ0v) is 10.0. The monoisotopic (exact) mass is 221 g/mol. The molecule has 0 unspecified atom stereocenters. The predicted octanol–water partition coefficient (Wildman–Crippen LogP) is 2.99. The van der Waals surface area contributed by atoms with E-state index in [-0.39, 0.29) is 5.91 Å². The number of hydrogen-bond donors (Lipinski definition) is 0. The van der Waals surface area contributed by atoms with E-state index in [1.807, 2.05) is 24.8 Å². The molecule has 88 valence electrons. The Bertz CT molecular complexity index is 364. The average molecular weight is 221 g/mol. The van der Waals surface area contributed by atoms with E-state index in [0.29, 0.717) is 11.8 Å². The van der Waals surface area contributed by atoms with Crippen molar-refractivity contribution in [3.05, 3.63) is 23.7 Å². The van der Waals surface area contributed by atoms with Gasteiger partial charge in [0.05, 0.1) is 6.26 Å². The highest BCUT2D eigenvalue weighted by molar-refractivity contribution is 5.93. The number of nitrogens with zero attached hydrogens (tertiary/aromatic N) is 1. The van der Waals surface area contributed by atoms with Gasteiger partial charge in [-0.1, -0.05) is 12.8 Å². The van der Waals surface area contributed by atoms with E-state index in [9.17, 15) is 4.79 Å². The fourth-order valence-corrected chi connectivity index (χ4v) is 2.51. The summed E-state index contributed by atoms with van der Waals surface area (Å²) in [7, 11) is 0. The molecule has 3 heteroatoms. The van der Waals surface area contributed by atoms with Crippen LogP contribution in [0, 0.1) is 6.92 Å². The summed E-state index contributed by atoms with van der Waals surface area (Å²) in [6.07, 6.45) is 6.35. The molecule has 0 aromatic carbocycles. The lowest BCUT2D eigenvalue weighted by atomic mass is 10.2. The van der Waals surface area contributed by atoms with Crippen molar-refractivity contribution in [3.63, 3.8) is 0 Å². The van der Waals surface area contributed by atoms with Crippen molar-refractivity contribution in [2.24, 2.45) is 0 Å². The van der Waals surface area contributed by atoms with Gasteiger partial charge in [-0.3, -0.25) is 4.79 Å². The molecule has 1 aromatic heterocycles. The molecule has 0 spiro atoms. The van der Waals surface area contributed by atoms with Crippen molar-refractivity contribution < 1.29 is 9.21 Å². The van der Waals surface area contributed by atoms with Crippen LogP contribution in [0.15, 0.2) is 16.7 Å². The maximum absolute atomic E-state index is 12.3. The van der Waals surface area contributed by atoms with Gasteiger partial charge in [-0.15, -0.1) is 0 Å². The van der Waals surface area contributed by atoms with E-state index in [4.69, 9.17) is 4.42 Å². The lowest BCUT2D eigenvalue weighted by Gasteiger charge is -2.26. The van der Waals surface area contributed by atoms with Gasteiger partial charge in [0, 0.05) is 18.2 Å². The van der Waals surface area contributed by atoms with E-state index in [1.54, 1.807) is 6.26 Å². The maximum Gasteiger partial charge on any atom is 0.290 e. The number of carbonyl (C=O) groups is 1. The minimum atomic E-state index is 0.0527. The molecule has 1 heterocycles. The first kappa shape index (κ1) is 11.2. The second kappa shape index (κ2) is 4.73. The van der Waals surface area contributed by atoms with E-state index in [1.165, 1.54) is 12.8 Å². The van der Waals surface area contributed by atoms with Crippen LogP contribution in [-0.4, -0.2) is 23.4 Å². The summed E-state index contributed by atoms with van der Waals surface area (Å²) in [5, 5.41) is 0. The summed E-state index contributed by atoms with van der Waals surface area (Å²) in [4.78, 5) is 14.2. The SMILES string of the molecule is CCN(C(=O)c1occc1C)C1CCCC1. The van der Waals surface area contributed by atoms with Crippen LogP contribution in [0.3, 0.4) is 0 Å². The molecular weight excluding hydrogens is 202 g/mol. The van der Waals surface area contributed by atoms with Gasteiger partial charge < -0.3 is 9.32 Å². The fraction of sp³-hybridized carbons (Fsp3) is 0.615. The van der Waals surface area contributed by atoms with Crippen LogP contribution in [0.2, 0.25) is 0 Å². The molecule has 0 N–H and O–H groups in total. The molecule has 0 atom stereocenters. The smallest absolute Gasteiger partial charge is 0.290 e. The molecule has 0 saturated heterocycles. The van der Waals surface area contributed by atoms with Crippen molar-refractivity contribution >= 4 is 5.91 Å². The highest BCUT2D eigenvalue weighted by Gasteiger charge is 2.28. The summed E-state index contributed by atoms with van der Waals surface area (Å²) < 4.78 is 5.28. The second-order valence-corrected chi connectivity index (χ2v) is 4.46. The fourth-order valence-electron chi connectivity index (χ4n) is 2.51. The molecule has 0 radical (unpaired) electrons. The molecule has 1 aliphatic rings. The van der Waals surface area contributed by atoms with Crippen molar-refractivity contribution in [1.82, 2.24) is 4.90 Å². The van der Waals surface area contributed by atoms with Gasteiger partial charge in [0.1, 0.15) is 0 Å². The topological polar surface area (TPSA) is 33.5 Å². The summed E-state index contributed by atoms with van der Waals surface area (Å²) in [6.45, 7) is 4.72. The van der Waals surface area contributed by atoms with Gasteiger partial charge in [-0.2, -0.15) is 0 Å². The first-order valence-electron chi connectivity index (χ1n) is 6.09. The third-order valence-corrected chi connectivity index (χ3v) is 3.42. The molecular formula is C13H19NO2. The van der Waals surface area contributed by atoms with Crippen LogP contribution in [-0.2, 0) is 0 Å². The zero-order chi connectivity index (χ0) is 11.5. The standard InChI is InChI=1S/C13H19NO2/c1-3-14(11-6-4-5-7-11)13(15)12-10(2)8-9-16-12/h8-9,11H,3-7H2,1-2H3. The first-order valence-corrected chi connectivity index (χ1v) is 6.09. The highest BCUT2D eigenvalue weighted by atomic mass is 16.3. The summed E-state index contributed by atoms with van der Waals surface area (Å²) in [5.41, 5.74) is 0.932. The Hall–Kier alpha value is -1.25. The quantitative estimate of drug-likeness (QED) is 0.786. The van der Waals surface area contributed by atoms with E-state index in [0.717, 1.165) is 24.9 Å². The maximum atomic E-state index is 12.3. The molecule has 1 aliphatic carbocycles. The van der Waals surface area contributed by atoms with Gasteiger partial charge in [-0.25, -0.2) is 0 Å². The molecule has 2 rings (SSSR count). The van der Waals surface area contributed by atoms with Crippen molar-refractivity contribution in [3.8, 4) is 0 Å². The van der Waals surface area contributed by atoms with Gasteiger partial charge in [-0.05, 0) is 32.8 Å². The number of hydrogen-bond acceptors (Lipinski definition) is 2. The number of rotatable bonds is 3. The van der Waals surface area contributed by atoms with Crippen molar-refractivity contribution in [1.29, 1.82) is 0 Å². The lowest BCUT2D eigenvalue weighted by molar-refractivity contribution is 0.0660. The van der Waals surface area contributed by atoms with Gasteiger partial charge in [0.25, 0.3) is 5.91 Å². The molecule has 3 nitrogen and oxygen atoms in total. The number of aryl methyl sites for hydroxylation is 1. The van der Waals surface area contributed by atoms with E-state index < -0.39 is 0 Å². The third-order valence-electron chi connectivity index (χ3n) is 3.42. The van der Waals surface area contributed by atoms with Crippen molar-refractivity contribution in [2.75, 3.05) is 6.54 Å². The van der Waals surface area contributed by atoms with E-state index >= 15 is 0 Å². The third kappa shape index (κ3) is 1.99. The number of carbonyl (C=O) groups excluding carboxylic acids is 1. The Labute approximate surface area is 96.4 Å². The van der Waals surface area contributed by atoms with Gasteiger partial charge in [0.15, 0.2) is 5.76 Å². The van der Waals surface area contributed by atoms with Crippen molar-refractivity contribution in [2.45, 2.75) is 45.6 Å². The van der Waals surface area contributed by atoms with Crippen LogP contribution < -0.4 is 0 Å². The number of amides is 1. The molecule has 16 heavy (non-hydrogen) atoms. The Morgan fingerprint density at radius 3 is 2.69 bits per heavy atom. The summed E-state index contributed by atoms with van der Waals surface area (Å²) in [6, 6.07) is 2.26. The van der Waals surface area contributed by atoms with Gasteiger partial charge in [0.2, 0.25) is 0 Å². The molecule has 0 aliphatic heterocycles. The van der Waals surface area contributed by atoms with Gasteiger partial charge >= 0.3 is 0 Å². The largest absolute Gasteiger partial charge is 0.459 e. The van der Waals surface area contributed by atoms with Crippen LogP contribution in [0.4, 0.5) is 0 Å². The molecule has 1 saturated carbocycles. The minimum absolute atomic E-state index is 0.0527. The predicted molar refractivity (Wildman–Crippen MR) is 62.4 cm³/mol. The Balaban J connectivity index is 2.15. The highest BCUT2D eigenvalue weighted by Crippen LogP contribution is 2.25. The zero-order valence-electron chi connectivity index (χ0n) is 10.0. The normalized spacial score (nSPS) is 16.6. The first-order chi connectivity index (χ1) is 7.74. The van der Waals surface area contributed by atoms with E-state index in [2.05, 4.69) is 0 Å². The van der Waals surface area contributed by atoms with Crippen LogP contribution in [0.25, 0.3) is 0 Å². The van der Waals surface area contributed by atoms with Crippen LogP contribution in [0.1, 0.15) is 48.7 Å². The molecule has 1 amide bonds. The molecule has 1 fully saturated rings. The Morgan fingerprint density at radius 1 is 1.50 bits per heavy atom. The Morgan fingerprint density at radius 2 is 2.19 bits per heavy atom. The summed E-state index contributed by atoms with van der Waals surface area (Å²) >= 11 is 0. The molecule has 1 aromatic rings. The Kier molecular flexibility index (Phi) is 3.32. The summed E-state index contributed by atoms with van der Waals surface area (Å²) in [5.74, 6) is 0.561. The second-order valence-electron chi connectivity index (χ2n) is 4.46. The van der Waals surface area contributed by atoms with Crippen LogP contribution >= 0.6 is 0 Å². The molecule has 0 bridgehead atoms. The lowest BCUT2D eigenvalue weighted by Crippen LogP contribution is -2.38.